The number of carboxylic acids is 1. The first-order valence-corrected chi connectivity index (χ1v) is 2.31. The first-order chi connectivity index (χ1) is 4.22. The van der Waals surface area contributed by atoms with Crippen molar-refractivity contribution in [3.8, 4) is 5.75 Å². The van der Waals surface area contributed by atoms with Crippen molar-refractivity contribution in [1.82, 2.24) is 4.98 Å². The second-order valence-corrected chi connectivity index (χ2v) is 1.54. The van der Waals surface area contributed by atoms with Crippen LogP contribution in [0.2, 0.25) is 0 Å². The number of aromatic carboxylic acids is 1. The molecule has 0 unspecified atom stereocenters. The highest BCUT2D eigenvalue weighted by Crippen LogP contribution is 2.12. The summed E-state index contributed by atoms with van der Waals surface area (Å²) < 4.78 is 0. The van der Waals surface area contributed by atoms with E-state index < -0.39 is 5.97 Å². The molecule has 4 nitrogen and oxygen atoms in total. The maximum Gasteiger partial charge on any atom is 0.356 e. The number of hydrogen-bond donors (Lipinski definition) is 3. The van der Waals surface area contributed by atoms with Gasteiger partial charge in [0.1, 0.15) is 5.75 Å². The minimum atomic E-state index is -1.16. The molecule has 0 radical (unpaired) electrons. The van der Waals surface area contributed by atoms with Crippen LogP contribution in [-0.4, -0.2) is 21.2 Å². The van der Waals surface area contributed by atoms with E-state index in [9.17, 15) is 4.79 Å². The fourth-order valence-electron chi connectivity index (χ4n) is 0.533. The van der Waals surface area contributed by atoms with Gasteiger partial charge in [-0.3, -0.25) is 0 Å². The van der Waals surface area contributed by atoms with Gasteiger partial charge in [-0.25, -0.2) is 4.79 Å². The van der Waals surface area contributed by atoms with E-state index in [0.717, 1.165) is 0 Å². The molecular formula is C5H5NO3. The molecule has 0 amide bonds. The van der Waals surface area contributed by atoms with Gasteiger partial charge in [0.25, 0.3) is 0 Å². The fraction of sp³-hybridized carbons (Fsp3) is 0. The lowest BCUT2D eigenvalue weighted by molar-refractivity contribution is 0.0688. The van der Waals surface area contributed by atoms with E-state index in [0.29, 0.717) is 0 Å². The molecule has 0 saturated carbocycles. The molecule has 0 aliphatic rings. The predicted octanol–water partition coefficient (Wildman–Crippen LogP) is 0.418. The lowest BCUT2D eigenvalue weighted by Gasteiger charge is -1.86. The van der Waals surface area contributed by atoms with Crippen LogP contribution in [0, 0.1) is 0 Å². The molecule has 1 aromatic heterocycles. The van der Waals surface area contributed by atoms with E-state index in [1.54, 1.807) is 0 Å². The van der Waals surface area contributed by atoms with Crippen LogP contribution in [0.1, 0.15) is 10.5 Å². The molecule has 1 heterocycles. The topological polar surface area (TPSA) is 73.3 Å². The van der Waals surface area contributed by atoms with Gasteiger partial charge in [0.05, 0.1) is 0 Å². The van der Waals surface area contributed by atoms with Gasteiger partial charge in [0.2, 0.25) is 0 Å². The number of H-pyrrole nitrogens is 1. The number of carboxylic acid groups (broad SMARTS) is 1. The summed E-state index contributed by atoms with van der Waals surface area (Å²) in [6.07, 6.45) is 1.36. The average Bonchev–Trinajstić information content (AvgIpc) is 2.13. The van der Waals surface area contributed by atoms with E-state index in [-0.39, 0.29) is 11.4 Å². The fourth-order valence-corrected chi connectivity index (χ4v) is 0.533. The molecule has 0 bridgehead atoms. The number of aromatic hydroxyl groups is 1. The molecule has 0 atom stereocenters. The largest absolute Gasteiger partial charge is 0.505 e. The number of carbonyl (C=O) groups is 1. The van der Waals surface area contributed by atoms with Crippen LogP contribution >= 0.6 is 0 Å². The maximum absolute atomic E-state index is 10.1. The molecule has 0 aromatic carbocycles. The zero-order valence-corrected chi connectivity index (χ0v) is 4.46. The summed E-state index contributed by atoms with van der Waals surface area (Å²) in [6.45, 7) is 0. The number of rotatable bonds is 1. The van der Waals surface area contributed by atoms with E-state index in [4.69, 9.17) is 10.2 Å². The zero-order valence-electron chi connectivity index (χ0n) is 4.46. The molecule has 1 aromatic rings. The number of aromatic nitrogens is 1. The molecule has 4 heteroatoms. The van der Waals surface area contributed by atoms with Crippen LogP contribution in [0.5, 0.6) is 5.75 Å². The zero-order chi connectivity index (χ0) is 6.85. The third-order valence-electron chi connectivity index (χ3n) is 0.939. The molecular weight excluding hydrogens is 122 g/mol. The molecule has 0 fully saturated rings. The van der Waals surface area contributed by atoms with Crippen molar-refractivity contribution >= 4 is 5.97 Å². The molecule has 0 aliphatic heterocycles. The molecule has 3 N–H and O–H groups in total. The summed E-state index contributed by atoms with van der Waals surface area (Å²) in [5.74, 6) is -1.39. The molecule has 9 heavy (non-hydrogen) atoms. The molecule has 0 spiro atoms. The highest BCUT2D eigenvalue weighted by Gasteiger charge is 2.07. The lowest BCUT2D eigenvalue weighted by atomic mass is 10.4. The summed E-state index contributed by atoms with van der Waals surface area (Å²) in [6, 6.07) is 1.28. The van der Waals surface area contributed by atoms with E-state index in [1.165, 1.54) is 12.3 Å². The van der Waals surface area contributed by atoms with Crippen molar-refractivity contribution in [1.29, 1.82) is 0 Å². The Balaban J connectivity index is 3.08. The Bertz CT molecular complexity index is 228. The van der Waals surface area contributed by atoms with Gasteiger partial charge in [-0.15, -0.1) is 0 Å². The van der Waals surface area contributed by atoms with Gasteiger partial charge in [-0.05, 0) is 6.07 Å². The minimum Gasteiger partial charge on any atom is -0.505 e. The van der Waals surface area contributed by atoms with Crippen molar-refractivity contribution < 1.29 is 15.0 Å². The van der Waals surface area contributed by atoms with Crippen LogP contribution in [0.15, 0.2) is 12.3 Å². The van der Waals surface area contributed by atoms with Crippen molar-refractivity contribution in [3.63, 3.8) is 0 Å². The van der Waals surface area contributed by atoms with E-state index in [1.807, 2.05) is 0 Å². The number of nitrogens with one attached hydrogen (secondary N) is 1. The molecule has 0 aliphatic carbocycles. The molecule has 48 valence electrons. The van der Waals surface area contributed by atoms with Gasteiger partial charge in [-0.2, -0.15) is 0 Å². The number of aromatic amines is 1. The second kappa shape index (κ2) is 1.81. The smallest absolute Gasteiger partial charge is 0.356 e. The summed E-state index contributed by atoms with van der Waals surface area (Å²) >= 11 is 0. The van der Waals surface area contributed by atoms with Crippen molar-refractivity contribution in [3.05, 3.63) is 18.0 Å². The normalized spacial score (nSPS) is 9.33. The van der Waals surface area contributed by atoms with Crippen molar-refractivity contribution in [2.45, 2.75) is 0 Å². The number of hydrogen-bond acceptors (Lipinski definition) is 2. The highest BCUT2D eigenvalue weighted by molar-refractivity contribution is 5.88. The lowest BCUT2D eigenvalue weighted by Crippen LogP contribution is -1.95. The summed E-state index contributed by atoms with van der Waals surface area (Å²) in [5.41, 5.74) is -0.171. The summed E-state index contributed by atoms with van der Waals surface area (Å²) in [5, 5.41) is 17.0. The third kappa shape index (κ3) is 0.861. The maximum atomic E-state index is 10.1. The van der Waals surface area contributed by atoms with Crippen molar-refractivity contribution in [2.24, 2.45) is 0 Å². The SMILES string of the molecule is O=C(O)c1[nH]ccc1O. The first-order valence-electron chi connectivity index (χ1n) is 2.31. The Morgan fingerprint density at radius 3 is 2.56 bits per heavy atom. The van der Waals surface area contributed by atoms with Gasteiger partial charge in [-0.1, -0.05) is 0 Å². The third-order valence-corrected chi connectivity index (χ3v) is 0.939. The van der Waals surface area contributed by atoms with E-state index in [2.05, 4.69) is 4.98 Å². The van der Waals surface area contributed by atoms with Gasteiger partial charge < -0.3 is 15.2 Å². The second-order valence-electron chi connectivity index (χ2n) is 1.54. The van der Waals surface area contributed by atoms with Crippen LogP contribution in [0.25, 0.3) is 0 Å². The van der Waals surface area contributed by atoms with Crippen LogP contribution in [0.3, 0.4) is 0 Å². The Labute approximate surface area is 50.8 Å². The molecule has 0 saturated heterocycles. The van der Waals surface area contributed by atoms with Crippen LogP contribution in [-0.2, 0) is 0 Å². The summed E-state index contributed by atoms with van der Waals surface area (Å²) in [4.78, 5) is 12.4. The Kier molecular flexibility index (Phi) is 1.14. The minimum absolute atomic E-state index is 0.171. The standard InChI is InChI=1S/C5H5NO3/c7-3-1-2-6-4(3)5(8)9/h1-2,6-7H,(H,8,9). The molecule has 1 rings (SSSR count). The Morgan fingerprint density at radius 1 is 1.67 bits per heavy atom. The monoisotopic (exact) mass is 127 g/mol. The van der Waals surface area contributed by atoms with Gasteiger partial charge >= 0.3 is 5.97 Å². The van der Waals surface area contributed by atoms with Crippen molar-refractivity contribution in [2.75, 3.05) is 0 Å². The van der Waals surface area contributed by atoms with Gasteiger partial charge in [0, 0.05) is 6.20 Å². The van der Waals surface area contributed by atoms with Gasteiger partial charge in [0.15, 0.2) is 5.69 Å². The quantitative estimate of drug-likeness (QED) is 0.511. The van der Waals surface area contributed by atoms with Crippen LogP contribution in [0.4, 0.5) is 0 Å². The first kappa shape index (κ1) is 5.68. The average molecular weight is 127 g/mol. The predicted molar refractivity (Wildman–Crippen MR) is 29.4 cm³/mol. The summed E-state index contributed by atoms with van der Waals surface area (Å²) in [7, 11) is 0. The van der Waals surface area contributed by atoms with E-state index >= 15 is 0 Å². The Morgan fingerprint density at radius 2 is 2.33 bits per heavy atom. The highest BCUT2D eigenvalue weighted by atomic mass is 16.4. The Hall–Kier alpha value is -1.45. The van der Waals surface area contributed by atoms with Crippen LogP contribution < -0.4 is 0 Å².